The number of carbonyl (C=O) groups is 7. The third-order valence-electron chi connectivity index (χ3n) is 16.6. The summed E-state index contributed by atoms with van der Waals surface area (Å²) in [5, 5.41) is 41.4. The molecule has 15 atom stereocenters. The average Bonchev–Trinajstić information content (AvgIpc) is 2.92. The van der Waals surface area contributed by atoms with Crippen LogP contribution in [-0.2, 0) is 66.7 Å². The van der Waals surface area contributed by atoms with Gasteiger partial charge in [-0.15, -0.1) is 4.73 Å². The fourth-order valence-electron chi connectivity index (χ4n) is 11.7. The Kier molecular flexibility index (Phi) is 26.2. The number of nitrogens with zero attached hydrogens (tertiary/aromatic N) is 2. The van der Waals surface area contributed by atoms with E-state index in [9.17, 15) is 54.0 Å². The van der Waals surface area contributed by atoms with Crippen LogP contribution in [0.15, 0.2) is 59.7 Å². The van der Waals surface area contributed by atoms with Gasteiger partial charge in [-0.1, -0.05) is 71.1 Å². The summed E-state index contributed by atoms with van der Waals surface area (Å²) in [6.45, 7) is 12.3. The second-order valence-electron chi connectivity index (χ2n) is 22.9. The molecule has 1 aromatic heterocycles. The molecule has 1 aromatic rings. The molecule has 2 bridgehead atoms. The highest BCUT2D eigenvalue weighted by atomic mass is 16.7. The van der Waals surface area contributed by atoms with Crippen LogP contribution in [0.3, 0.4) is 0 Å². The lowest BCUT2D eigenvalue weighted by Crippen LogP contribution is -2.61. The molecule has 1 saturated carbocycles. The van der Waals surface area contributed by atoms with Gasteiger partial charge >= 0.3 is 17.9 Å². The number of aliphatic hydroxyl groups is 2. The summed E-state index contributed by atoms with van der Waals surface area (Å²) in [6.07, 6.45) is 9.08. The molecular weight excluding hydrogens is 1060 g/mol. The lowest BCUT2D eigenvalue weighted by molar-refractivity contribution is -0.265. The molecule has 3 fully saturated rings. The molecule has 21 nitrogen and oxygen atoms in total. The van der Waals surface area contributed by atoms with Crippen molar-refractivity contribution in [3.63, 3.8) is 0 Å². The van der Waals surface area contributed by atoms with E-state index in [4.69, 9.17) is 38.0 Å². The van der Waals surface area contributed by atoms with Gasteiger partial charge in [-0.25, -0.2) is 9.59 Å². The highest BCUT2D eigenvalue weighted by Gasteiger charge is 2.53. The van der Waals surface area contributed by atoms with E-state index in [1.165, 1.54) is 7.11 Å². The number of ketones is 3. The van der Waals surface area contributed by atoms with E-state index in [0.29, 0.717) is 56.1 Å². The number of hydrogen-bond acceptors (Lipinski definition) is 19. The van der Waals surface area contributed by atoms with Gasteiger partial charge in [-0.2, -0.15) is 0 Å². The molecular formula is C61H90N2O19. The molecule has 82 heavy (non-hydrogen) atoms. The number of aromatic nitrogens is 1. The predicted octanol–water partition coefficient (Wildman–Crippen LogP) is 6.40. The van der Waals surface area contributed by atoms with Gasteiger partial charge in [0.25, 0.3) is 11.7 Å². The van der Waals surface area contributed by atoms with E-state index < -0.39 is 126 Å². The molecule has 0 unspecified atom stereocenters. The number of aromatic hydroxyl groups is 2. The number of allylic oxidation sites excluding steroid dienone is 6. The Morgan fingerprint density at radius 3 is 2.18 bits per heavy atom. The van der Waals surface area contributed by atoms with Crippen LogP contribution in [0.25, 0.3) is 0 Å². The Hall–Kier alpha value is -5.55. The van der Waals surface area contributed by atoms with Crippen LogP contribution < -0.4 is 4.84 Å². The van der Waals surface area contributed by atoms with Crippen molar-refractivity contribution in [1.29, 1.82) is 0 Å². The van der Waals surface area contributed by atoms with Crippen LogP contribution in [-0.4, -0.2) is 167 Å². The molecule has 5 rings (SSSR count). The number of carbonyl (C=O) groups excluding carboxylic acids is 7. The maximum absolute atomic E-state index is 14.7. The number of cyclic esters (lactones) is 1. The summed E-state index contributed by atoms with van der Waals surface area (Å²) < 4.78 is 42.4. The molecule has 2 saturated heterocycles. The first kappa shape index (κ1) is 67.2. The molecule has 0 spiro atoms. The lowest BCUT2D eigenvalue weighted by atomic mass is 9.78. The third-order valence-corrected chi connectivity index (χ3v) is 16.6. The molecule has 1 amide bonds. The van der Waals surface area contributed by atoms with Crippen LogP contribution >= 0.6 is 0 Å². The highest BCUT2D eigenvalue weighted by Crippen LogP contribution is 2.38. The second kappa shape index (κ2) is 31.9. The van der Waals surface area contributed by atoms with Crippen LogP contribution in [0, 0.1) is 35.5 Å². The van der Waals surface area contributed by atoms with Crippen molar-refractivity contribution in [3.05, 3.63) is 59.7 Å². The SMILES string of the molecule is CO[C@H]1C[C@@H]2CC[C@@H](C)[C@@](O)(O2)C(=O)C(=O)N2CCCC[C@H]2C(=O)O[C@H]([C@H](C)C[C@@H]2CC[C@@H](OCCO)[C@H](OC)C2)CC(=O)[C@H](C)C=C(C)[C@@H](OC(=O)CCC(=O)On2c(O)ccc2O)[C@@H](OC)C(=O)[C@H](C)C[C@H](C)C=CC=CC=C1C. The standard InChI is InChI=1S/C61H90N2O19/c1-36-16-12-11-13-17-37(2)48(75-8)34-44-21-19-42(7)61(74,81-44)58(71)59(72)62-27-15-14-18-45(62)60(73)79-49(39(4)32-43-20-22-47(78-29-28-64)50(33-43)76-9)35-46(65)38(3)31-41(6)56(57(77-10)55(70)40(5)30-36)80-53(68)25-26-54(69)82-63-51(66)23-24-52(63)67/h11-13,16-17,23-24,31,36,38-40,42-45,47-50,56-57,64,66-67,74H,14-15,18-22,25-30,32-35H2,1-10H3/t36-,38-,39-,40-,42-,43+,44+,45+,47-,48+,49+,50-,56-,57+,61-/m1/s1. The van der Waals surface area contributed by atoms with Crippen molar-refractivity contribution >= 4 is 41.2 Å². The Balaban J connectivity index is 1.52. The van der Waals surface area contributed by atoms with Crippen molar-refractivity contribution in [2.75, 3.05) is 41.1 Å². The number of aliphatic hydroxyl groups excluding tert-OH is 1. The lowest BCUT2D eigenvalue weighted by Gasteiger charge is -2.42. The molecule has 4 aliphatic rings. The molecule has 458 valence electrons. The van der Waals surface area contributed by atoms with E-state index in [1.54, 1.807) is 48.0 Å². The van der Waals surface area contributed by atoms with Crippen molar-refractivity contribution in [1.82, 2.24) is 9.63 Å². The van der Waals surface area contributed by atoms with Gasteiger partial charge < -0.3 is 63.3 Å². The van der Waals surface area contributed by atoms with Crippen LogP contribution in [0.4, 0.5) is 0 Å². The fraction of sp³-hybridized carbons (Fsp3) is 0.689. The number of hydrogen-bond donors (Lipinski definition) is 4. The van der Waals surface area contributed by atoms with Crippen molar-refractivity contribution in [3.8, 4) is 11.8 Å². The number of rotatable bonds is 14. The number of methoxy groups -OCH3 is 3. The normalized spacial score (nSPS) is 32.3. The molecule has 3 aliphatic heterocycles. The van der Waals surface area contributed by atoms with E-state index in [0.717, 1.165) is 29.0 Å². The first-order valence-electron chi connectivity index (χ1n) is 29.0. The minimum absolute atomic E-state index is 0.0261. The van der Waals surface area contributed by atoms with E-state index in [1.807, 2.05) is 51.2 Å². The summed E-state index contributed by atoms with van der Waals surface area (Å²) in [5.74, 6) is -12.2. The third kappa shape index (κ3) is 18.2. The van der Waals surface area contributed by atoms with E-state index in [-0.39, 0.29) is 74.4 Å². The van der Waals surface area contributed by atoms with Crippen LogP contribution in [0.5, 0.6) is 11.8 Å². The average molecular weight is 1160 g/mol. The first-order chi connectivity index (χ1) is 39.0. The predicted molar refractivity (Wildman–Crippen MR) is 298 cm³/mol. The molecule has 0 aromatic carbocycles. The Morgan fingerprint density at radius 2 is 1.51 bits per heavy atom. The topological polar surface area (TPSA) is 282 Å². The van der Waals surface area contributed by atoms with Crippen molar-refractivity contribution in [2.24, 2.45) is 35.5 Å². The van der Waals surface area contributed by atoms with Crippen molar-refractivity contribution in [2.45, 2.75) is 193 Å². The first-order valence-corrected chi connectivity index (χ1v) is 29.0. The zero-order valence-corrected chi connectivity index (χ0v) is 49.5. The minimum Gasteiger partial charge on any atom is -0.492 e. The summed E-state index contributed by atoms with van der Waals surface area (Å²) in [4.78, 5) is 105. The Bertz CT molecular complexity index is 2440. The summed E-state index contributed by atoms with van der Waals surface area (Å²) in [7, 11) is 4.45. The summed E-state index contributed by atoms with van der Waals surface area (Å²) >= 11 is 0. The Labute approximate surface area is 482 Å². The molecule has 0 radical (unpaired) electrons. The maximum atomic E-state index is 14.7. The largest absolute Gasteiger partial charge is 0.492 e. The molecule has 21 heteroatoms. The van der Waals surface area contributed by atoms with Gasteiger partial charge in [-0.05, 0) is 107 Å². The minimum atomic E-state index is -2.49. The van der Waals surface area contributed by atoms with E-state index in [2.05, 4.69) is 0 Å². The van der Waals surface area contributed by atoms with Gasteiger partial charge in [0.15, 0.2) is 18.0 Å². The number of fused-ring (bicyclic) bond motifs is 3. The Morgan fingerprint density at radius 1 is 0.805 bits per heavy atom. The van der Waals surface area contributed by atoms with Gasteiger partial charge in [-0.3, -0.25) is 24.0 Å². The summed E-state index contributed by atoms with van der Waals surface area (Å²) in [5.41, 5.74) is 1.10. The maximum Gasteiger partial charge on any atom is 0.333 e. The molecule has 1 aliphatic carbocycles. The second-order valence-corrected chi connectivity index (χ2v) is 22.9. The quantitative estimate of drug-likeness (QED) is 0.0891. The van der Waals surface area contributed by atoms with Gasteiger partial charge in [0.1, 0.15) is 17.9 Å². The van der Waals surface area contributed by atoms with Gasteiger partial charge in [0.05, 0.1) is 50.5 Å². The zero-order valence-electron chi connectivity index (χ0n) is 49.5. The van der Waals surface area contributed by atoms with Gasteiger partial charge in [0.2, 0.25) is 17.5 Å². The highest BCUT2D eigenvalue weighted by molar-refractivity contribution is 6.39. The van der Waals surface area contributed by atoms with Crippen LogP contribution in [0.2, 0.25) is 0 Å². The number of amides is 1. The number of Topliss-reactive ketones (excluding diaryl/α,β-unsaturated/α-hetero) is 3. The summed E-state index contributed by atoms with van der Waals surface area (Å²) in [6, 6.07) is 0.970. The smallest absolute Gasteiger partial charge is 0.333 e. The van der Waals surface area contributed by atoms with Crippen LogP contribution in [0.1, 0.15) is 138 Å². The molecule has 4 heterocycles. The zero-order chi connectivity index (χ0) is 60.4. The van der Waals surface area contributed by atoms with Gasteiger partial charge in [0, 0.05) is 70.6 Å². The monoisotopic (exact) mass is 1150 g/mol. The van der Waals surface area contributed by atoms with E-state index >= 15 is 0 Å². The number of ether oxygens (including phenoxy) is 7. The van der Waals surface area contributed by atoms with Crippen molar-refractivity contribution < 1.29 is 92.0 Å². The number of esters is 2. The fourth-order valence-corrected chi connectivity index (χ4v) is 11.7. The number of piperidine rings is 1. The molecule has 4 N–H and O–H groups in total.